The Labute approximate surface area is 116 Å². The monoisotopic (exact) mass is 262 g/mol. The average molecular weight is 262 g/mol. The van der Waals surface area contributed by atoms with Crippen LogP contribution in [0.2, 0.25) is 0 Å². The van der Waals surface area contributed by atoms with Gasteiger partial charge >= 0.3 is 0 Å². The highest BCUT2D eigenvalue weighted by atomic mass is 16.5. The highest BCUT2D eigenvalue weighted by Crippen LogP contribution is 2.20. The molecule has 1 fully saturated rings. The molecule has 1 heterocycles. The van der Waals surface area contributed by atoms with Crippen molar-refractivity contribution in [2.45, 2.75) is 46.4 Å². The summed E-state index contributed by atoms with van der Waals surface area (Å²) >= 11 is 0. The van der Waals surface area contributed by atoms with Crippen molar-refractivity contribution in [3.05, 3.63) is 34.4 Å². The predicted octanol–water partition coefficient (Wildman–Crippen LogP) is 2.16. The van der Waals surface area contributed by atoms with Crippen molar-refractivity contribution < 1.29 is 4.74 Å². The Morgan fingerprint density at radius 2 is 1.84 bits per heavy atom. The Balaban J connectivity index is 2.12. The van der Waals surface area contributed by atoms with Crippen LogP contribution < -0.4 is 5.73 Å². The maximum absolute atomic E-state index is 5.82. The molecular weight excluding hydrogens is 236 g/mol. The van der Waals surface area contributed by atoms with Gasteiger partial charge in [0.15, 0.2) is 0 Å². The molecular formula is C16H26N2O. The molecule has 1 aliphatic rings. The van der Waals surface area contributed by atoms with Crippen LogP contribution in [0, 0.1) is 20.8 Å². The molecule has 1 saturated heterocycles. The zero-order chi connectivity index (χ0) is 14.0. The van der Waals surface area contributed by atoms with Crippen LogP contribution in [-0.2, 0) is 11.3 Å². The zero-order valence-electron chi connectivity index (χ0n) is 12.6. The minimum Gasteiger partial charge on any atom is -0.371 e. The molecule has 2 unspecified atom stereocenters. The van der Waals surface area contributed by atoms with E-state index in [-0.39, 0.29) is 12.2 Å². The third-order valence-corrected chi connectivity index (χ3v) is 3.89. The van der Waals surface area contributed by atoms with Crippen LogP contribution in [0.4, 0.5) is 0 Å². The molecule has 0 bridgehead atoms. The number of morpholine rings is 1. The Bertz CT molecular complexity index is 421. The van der Waals surface area contributed by atoms with Crippen LogP contribution in [0.3, 0.4) is 0 Å². The summed E-state index contributed by atoms with van der Waals surface area (Å²) in [5.41, 5.74) is 11.3. The molecule has 0 aromatic heterocycles. The average Bonchev–Trinajstić information content (AvgIpc) is 2.33. The van der Waals surface area contributed by atoms with Crippen LogP contribution in [0.15, 0.2) is 12.1 Å². The molecule has 2 atom stereocenters. The number of aryl methyl sites for hydroxylation is 3. The van der Waals surface area contributed by atoms with Crippen molar-refractivity contribution >= 4 is 0 Å². The fraction of sp³-hybridized carbons (Fsp3) is 0.625. The highest BCUT2D eigenvalue weighted by molar-refractivity contribution is 5.37. The van der Waals surface area contributed by atoms with Crippen LogP contribution in [0.1, 0.15) is 29.2 Å². The lowest BCUT2D eigenvalue weighted by molar-refractivity contribution is -0.0745. The maximum atomic E-state index is 5.82. The van der Waals surface area contributed by atoms with Crippen molar-refractivity contribution in [3.63, 3.8) is 0 Å². The Kier molecular flexibility index (Phi) is 4.61. The molecule has 1 aromatic carbocycles. The summed E-state index contributed by atoms with van der Waals surface area (Å²) in [4.78, 5) is 2.47. The summed E-state index contributed by atoms with van der Waals surface area (Å²) in [5.74, 6) is 0. The van der Waals surface area contributed by atoms with Crippen molar-refractivity contribution in [2.75, 3.05) is 19.6 Å². The number of rotatable bonds is 3. The summed E-state index contributed by atoms with van der Waals surface area (Å²) in [6, 6.07) is 4.54. The van der Waals surface area contributed by atoms with Gasteiger partial charge in [0.05, 0.1) is 12.2 Å². The predicted molar refractivity (Wildman–Crippen MR) is 79.3 cm³/mol. The fourth-order valence-electron chi connectivity index (χ4n) is 3.08. The minimum absolute atomic E-state index is 0.176. The molecule has 1 aromatic rings. The smallest absolute Gasteiger partial charge is 0.0828 e. The first kappa shape index (κ1) is 14.5. The van der Waals surface area contributed by atoms with E-state index in [9.17, 15) is 0 Å². The lowest BCUT2D eigenvalue weighted by Crippen LogP contribution is -2.48. The number of nitrogens with two attached hydrogens (primary N) is 1. The van der Waals surface area contributed by atoms with Gasteiger partial charge in [-0.25, -0.2) is 0 Å². The van der Waals surface area contributed by atoms with Gasteiger partial charge in [0.2, 0.25) is 0 Å². The quantitative estimate of drug-likeness (QED) is 0.907. The molecule has 0 aliphatic carbocycles. The number of hydrogen-bond acceptors (Lipinski definition) is 3. The van der Waals surface area contributed by atoms with E-state index in [1.54, 1.807) is 0 Å². The number of ether oxygens (including phenoxy) is 1. The number of hydrogen-bond donors (Lipinski definition) is 1. The second-order valence-electron chi connectivity index (χ2n) is 5.88. The maximum Gasteiger partial charge on any atom is 0.0828 e. The van der Waals surface area contributed by atoms with Gasteiger partial charge in [-0.3, -0.25) is 4.90 Å². The van der Waals surface area contributed by atoms with Gasteiger partial charge in [-0.1, -0.05) is 17.7 Å². The Morgan fingerprint density at radius 3 is 2.42 bits per heavy atom. The fourth-order valence-corrected chi connectivity index (χ4v) is 3.08. The molecule has 2 N–H and O–H groups in total. The molecule has 0 spiro atoms. The van der Waals surface area contributed by atoms with Gasteiger partial charge in [-0.15, -0.1) is 0 Å². The van der Waals surface area contributed by atoms with Gasteiger partial charge in [-0.05, 0) is 44.4 Å². The van der Waals surface area contributed by atoms with Crippen molar-refractivity contribution in [2.24, 2.45) is 5.73 Å². The van der Waals surface area contributed by atoms with E-state index >= 15 is 0 Å². The van der Waals surface area contributed by atoms with Gasteiger partial charge in [0.25, 0.3) is 0 Å². The summed E-state index contributed by atoms with van der Waals surface area (Å²) in [7, 11) is 0. The zero-order valence-corrected chi connectivity index (χ0v) is 12.6. The first-order valence-corrected chi connectivity index (χ1v) is 7.14. The molecule has 3 heteroatoms. The van der Waals surface area contributed by atoms with E-state index in [2.05, 4.69) is 44.7 Å². The lowest BCUT2D eigenvalue weighted by Gasteiger charge is -2.36. The van der Waals surface area contributed by atoms with Crippen LogP contribution in [0.5, 0.6) is 0 Å². The van der Waals surface area contributed by atoms with E-state index in [0.717, 1.165) is 19.6 Å². The third kappa shape index (κ3) is 3.56. The molecule has 0 saturated carbocycles. The number of nitrogens with zero attached hydrogens (tertiary/aromatic N) is 1. The Hall–Kier alpha value is -0.900. The Morgan fingerprint density at radius 1 is 1.21 bits per heavy atom. The van der Waals surface area contributed by atoms with Gasteiger partial charge in [-0.2, -0.15) is 0 Å². The molecule has 3 nitrogen and oxygen atoms in total. The van der Waals surface area contributed by atoms with Crippen LogP contribution in [0.25, 0.3) is 0 Å². The van der Waals surface area contributed by atoms with Crippen LogP contribution >= 0.6 is 0 Å². The third-order valence-electron chi connectivity index (χ3n) is 3.89. The largest absolute Gasteiger partial charge is 0.371 e. The molecule has 2 rings (SSSR count). The molecule has 19 heavy (non-hydrogen) atoms. The van der Waals surface area contributed by atoms with Crippen molar-refractivity contribution in [3.8, 4) is 0 Å². The van der Waals surface area contributed by atoms with E-state index in [4.69, 9.17) is 10.5 Å². The van der Waals surface area contributed by atoms with E-state index < -0.39 is 0 Å². The minimum atomic E-state index is 0.176. The molecule has 0 amide bonds. The summed E-state index contributed by atoms with van der Waals surface area (Å²) in [5, 5.41) is 0. The van der Waals surface area contributed by atoms with Crippen LogP contribution in [-0.4, -0.2) is 36.7 Å². The number of benzene rings is 1. The molecule has 1 aliphatic heterocycles. The van der Waals surface area contributed by atoms with Crippen molar-refractivity contribution in [1.29, 1.82) is 0 Å². The normalized spacial score (nSPS) is 24.7. The lowest BCUT2D eigenvalue weighted by atomic mass is 9.99. The van der Waals surface area contributed by atoms with Gasteiger partial charge in [0, 0.05) is 26.2 Å². The van der Waals surface area contributed by atoms with Crippen molar-refractivity contribution in [1.82, 2.24) is 4.90 Å². The second kappa shape index (κ2) is 6.04. The SMILES string of the molecule is Cc1cc(C)c(CN2CC(C)OC(CN)C2)c(C)c1. The molecule has 0 radical (unpaired) electrons. The van der Waals surface area contributed by atoms with E-state index in [1.807, 2.05) is 0 Å². The first-order chi connectivity index (χ1) is 8.99. The van der Waals surface area contributed by atoms with Gasteiger partial charge in [0.1, 0.15) is 0 Å². The molecule has 106 valence electrons. The van der Waals surface area contributed by atoms with E-state index in [1.165, 1.54) is 22.3 Å². The van der Waals surface area contributed by atoms with Gasteiger partial charge < -0.3 is 10.5 Å². The summed E-state index contributed by atoms with van der Waals surface area (Å²) < 4.78 is 5.82. The topological polar surface area (TPSA) is 38.5 Å². The standard InChI is InChI=1S/C16H26N2O/c1-11-5-12(2)16(13(3)6-11)10-18-8-14(4)19-15(7-17)9-18/h5-6,14-15H,7-10,17H2,1-4H3. The first-order valence-electron chi connectivity index (χ1n) is 7.14. The second-order valence-corrected chi connectivity index (χ2v) is 5.88. The highest BCUT2D eigenvalue weighted by Gasteiger charge is 2.24. The van der Waals surface area contributed by atoms with E-state index in [0.29, 0.717) is 6.54 Å². The summed E-state index contributed by atoms with van der Waals surface area (Å²) in [6.07, 6.45) is 0.447. The summed E-state index contributed by atoms with van der Waals surface area (Å²) in [6.45, 7) is 12.2.